The second kappa shape index (κ2) is 5.86. The van der Waals surface area contributed by atoms with Crippen molar-refractivity contribution in [3.05, 3.63) is 35.4 Å². The van der Waals surface area contributed by atoms with Gasteiger partial charge in [-0.25, -0.2) is 0 Å². The molecule has 15 heavy (non-hydrogen) atoms. The lowest BCUT2D eigenvalue weighted by atomic mass is 10.1. The van der Waals surface area contributed by atoms with Crippen LogP contribution in [-0.2, 0) is 6.42 Å². The first-order valence-electron chi connectivity index (χ1n) is 5.72. The van der Waals surface area contributed by atoms with Crippen LogP contribution in [0.4, 0.5) is 0 Å². The van der Waals surface area contributed by atoms with Gasteiger partial charge in [-0.1, -0.05) is 37.6 Å². The van der Waals surface area contributed by atoms with Gasteiger partial charge >= 0.3 is 0 Å². The van der Waals surface area contributed by atoms with Gasteiger partial charge in [0.2, 0.25) is 0 Å². The van der Waals surface area contributed by atoms with Crippen LogP contribution < -0.4 is 0 Å². The summed E-state index contributed by atoms with van der Waals surface area (Å²) in [7, 11) is 0. The molecule has 0 radical (unpaired) electrons. The minimum Gasteiger partial charge on any atom is -0.143 e. The van der Waals surface area contributed by atoms with Gasteiger partial charge < -0.3 is 0 Å². The SMILES string of the molecule is CCCc1ccc(C2SCCCS2)cc1. The Kier molecular flexibility index (Phi) is 4.45. The molecule has 0 aromatic heterocycles. The van der Waals surface area contributed by atoms with Gasteiger partial charge in [0.25, 0.3) is 0 Å². The maximum atomic E-state index is 2.32. The molecular weight excluding hydrogens is 220 g/mol. The second-order valence-corrected chi connectivity index (χ2v) is 6.64. The highest BCUT2D eigenvalue weighted by Gasteiger charge is 2.15. The van der Waals surface area contributed by atoms with Crippen molar-refractivity contribution in [3.8, 4) is 0 Å². The van der Waals surface area contributed by atoms with Gasteiger partial charge in [0.1, 0.15) is 0 Å². The van der Waals surface area contributed by atoms with Crippen molar-refractivity contribution in [2.45, 2.75) is 30.8 Å². The molecule has 0 unspecified atom stereocenters. The highest BCUT2D eigenvalue weighted by atomic mass is 32.2. The molecule has 2 rings (SSSR count). The van der Waals surface area contributed by atoms with Gasteiger partial charge in [-0.05, 0) is 35.5 Å². The Hall–Kier alpha value is -0.0800. The Bertz CT molecular complexity index is 286. The van der Waals surface area contributed by atoms with Crippen LogP contribution in [0.25, 0.3) is 0 Å². The minimum absolute atomic E-state index is 0.689. The molecule has 0 spiro atoms. The molecule has 0 N–H and O–H groups in total. The molecule has 0 atom stereocenters. The first kappa shape index (κ1) is 11.4. The van der Waals surface area contributed by atoms with Crippen LogP contribution in [0, 0.1) is 0 Å². The zero-order valence-electron chi connectivity index (χ0n) is 9.24. The van der Waals surface area contributed by atoms with E-state index in [4.69, 9.17) is 0 Å². The Morgan fingerprint density at radius 2 is 1.80 bits per heavy atom. The summed E-state index contributed by atoms with van der Waals surface area (Å²) in [6.07, 6.45) is 3.83. The molecule has 2 heteroatoms. The van der Waals surface area contributed by atoms with Crippen LogP contribution in [0.5, 0.6) is 0 Å². The summed E-state index contributed by atoms with van der Waals surface area (Å²) in [5.74, 6) is 2.66. The molecule has 1 heterocycles. The summed E-state index contributed by atoms with van der Waals surface area (Å²) < 4.78 is 0.689. The van der Waals surface area contributed by atoms with Crippen molar-refractivity contribution in [1.82, 2.24) is 0 Å². The first-order chi connectivity index (χ1) is 7.40. The Morgan fingerprint density at radius 3 is 2.40 bits per heavy atom. The van der Waals surface area contributed by atoms with E-state index < -0.39 is 0 Å². The average Bonchev–Trinajstić information content (AvgIpc) is 2.32. The van der Waals surface area contributed by atoms with Crippen LogP contribution in [0.15, 0.2) is 24.3 Å². The fourth-order valence-electron chi connectivity index (χ4n) is 1.81. The zero-order valence-corrected chi connectivity index (χ0v) is 10.9. The van der Waals surface area contributed by atoms with Gasteiger partial charge in [-0.15, -0.1) is 23.5 Å². The second-order valence-electron chi connectivity index (χ2n) is 3.92. The van der Waals surface area contributed by atoms with Gasteiger partial charge in [0.05, 0.1) is 4.58 Å². The summed E-state index contributed by atoms with van der Waals surface area (Å²) in [6.45, 7) is 2.24. The molecule has 0 aliphatic carbocycles. The van der Waals surface area contributed by atoms with E-state index in [0.29, 0.717) is 4.58 Å². The van der Waals surface area contributed by atoms with Gasteiger partial charge in [0.15, 0.2) is 0 Å². The van der Waals surface area contributed by atoms with Gasteiger partial charge in [-0.3, -0.25) is 0 Å². The van der Waals surface area contributed by atoms with E-state index in [1.807, 2.05) is 0 Å². The molecule has 82 valence electrons. The summed E-state index contributed by atoms with van der Waals surface area (Å²) in [4.78, 5) is 0. The lowest BCUT2D eigenvalue weighted by molar-refractivity contribution is 0.921. The maximum absolute atomic E-state index is 2.32. The quantitative estimate of drug-likeness (QED) is 0.760. The third-order valence-electron chi connectivity index (χ3n) is 2.62. The van der Waals surface area contributed by atoms with Crippen molar-refractivity contribution >= 4 is 23.5 Å². The summed E-state index contributed by atoms with van der Waals surface area (Å²) >= 11 is 4.20. The Morgan fingerprint density at radius 1 is 1.13 bits per heavy atom. The van der Waals surface area contributed by atoms with E-state index in [2.05, 4.69) is 54.7 Å². The first-order valence-corrected chi connectivity index (χ1v) is 7.82. The predicted octanol–water partition coefficient (Wildman–Crippen LogP) is 4.51. The average molecular weight is 238 g/mol. The molecule has 0 saturated carbocycles. The molecule has 0 nitrogen and oxygen atoms in total. The van der Waals surface area contributed by atoms with Crippen LogP contribution in [0.1, 0.15) is 35.5 Å². The number of hydrogen-bond donors (Lipinski definition) is 0. The van der Waals surface area contributed by atoms with Crippen molar-refractivity contribution in [2.75, 3.05) is 11.5 Å². The third kappa shape index (κ3) is 3.18. The molecule has 0 amide bonds. The van der Waals surface area contributed by atoms with E-state index in [9.17, 15) is 0 Å². The fourth-order valence-corrected chi connectivity index (χ4v) is 4.70. The summed E-state index contributed by atoms with van der Waals surface area (Å²) in [6, 6.07) is 9.24. The number of rotatable bonds is 3. The molecule has 1 fully saturated rings. The van der Waals surface area contributed by atoms with Crippen LogP contribution in [0.2, 0.25) is 0 Å². The standard InChI is InChI=1S/C13H18S2/c1-2-4-11-5-7-12(8-6-11)13-14-9-3-10-15-13/h5-8,13H,2-4,9-10H2,1H3. The lowest BCUT2D eigenvalue weighted by Gasteiger charge is -2.21. The number of benzene rings is 1. The Labute approximate surface area is 101 Å². The topological polar surface area (TPSA) is 0 Å². The highest BCUT2D eigenvalue weighted by molar-refractivity contribution is 8.16. The summed E-state index contributed by atoms with van der Waals surface area (Å²) in [5, 5.41) is 0. The van der Waals surface area contributed by atoms with Crippen LogP contribution >= 0.6 is 23.5 Å². The van der Waals surface area contributed by atoms with Crippen molar-refractivity contribution in [3.63, 3.8) is 0 Å². The van der Waals surface area contributed by atoms with E-state index >= 15 is 0 Å². The largest absolute Gasteiger partial charge is 0.143 e. The number of thioether (sulfide) groups is 2. The van der Waals surface area contributed by atoms with E-state index in [-0.39, 0.29) is 0 Å². The molecule has 1 aromatic rings. The highest BCUT2D eigenvalue weighted by Crippen LogP contribution is 2.43. The fraction of sp³-hybridized carbons (Fsp3) is 0.538. The molecule has 1 aliphatic rings. The van der Waals surface area contributed by atoms with E-state index in [0.717, 1.165) is 0 Å². The molecular formula is C13H18S2. The van der Waals surface area contributed by atoms with Gasteiger partial charge in [-0.2, -0.15) is 0 Å². The molecule has 1 saturated heterocycles. The van der Waals surface area contributed by atoms with E-state index in [1.54, 1.807) is 0 Å². The number of aryl methyl sites for hydroxylation is 1. The predicted molar refractivity (Wildman–Crippen MR) is 72.7 cm³/mol. The molecule has 1 aromatic carbocycles. The van der Waals surface area contributed by atoms with Crippen molar-refractivity contribution < 1.29 is 0 Å². The normalized spacial score (nSPS) is 17.9. The van der Waals surface area contributed by atoms with E-state index in [1.165, 1.54) is 41.9 Å². The van der Waals surface area contributed by atoms with Crippen LogP contribution in [-0.4, -0.2) is 11.5 Å². The maximum Gasteiger partial charge on any atom is 0.0751 e. The zero-order chi connectivity index (χ0) is 10.5. The number of hydrogen-bond acceptors (Lipinski definition) is 2. The molecule has 1 aliphatic heterocycles. The van der Waals surface area contributed by atoms with Gasteiger partial charge in [0, 0.05) is 0 Å². The van der Waals surface area contributed by atoms with Crippen molar-refractivity contribution in [1.29, 1.82) is 0 Å². The molecule has 0 bridgehead atoms. The lowest BCUT2D eigenvalue weighted by Crippen LogP contribution is -2.00. The minimum atomic E-state index is 0.689. The van der Waals surface area contributed by atoms with Crippen LogP contribution in [0.3, 0.4) is 0 Å². The van der Waals surface area contributed by atoms with Crippen molar-refractivity contribution in [2.24, 2.45) is 0 Å². The summed E-state index contributed by atoms with van der Waals surface area (Å²) in [5.41, 5.74) is 2.98. The monoisotopic (exact) mass is 238 g/mol. The smallest absolute Gasteiger partial charge is 0.0751 e. The Balaban J connectivity index is 2.02. The third-order valence-corrected chi connectivity index (χ3v) is 5.63.